The van der Waals surface area contributed by atoms with Gasteiger partial charge in [0.15, 0.2) is 11.6 Å². The Balaban J connectivity index is 2.05. The maximum absolute atomic E-state index is 13.1. The zero-order valence-electron chi connectivity index (χ0n) is 16.7. The summed E-state index contributed by atoms with van der Waals surface area (Å²) < 4.78 is 12.7. The van der Waals surface area contributed by atoms with Crippen molar-refractivity contribution in [1.82, 2.24) is 4.98 Å². The van der Waals surface area contributed by atoms with Gasteiger partial charge in [0.05, 0.1) is 0 Å². The predicted octanol–water partition coefficient (Wildman–Crippen LogP) is 4.85. The van der Waals surface area contributed by atoms with Crippen LogP contribution in [0, 0.1) is 3.57 Å². The zero-order chi connectivity index (χ0) is 20.7. The molecule has 2 heterocycles. The molecule has 28 heavy (non-hydrogen) atoms. The van der Waals surface area contributed by atoms with Gasteiger partial charge in [-0.3, -0.25) is 9.59 Å². The first-order valence-corrected chi connectivity index (χ1v) is 10.3. The van der Waals surface area contributed by atoms with Crippen LogP contribution in [0.3, 0.4) is 0 Å². The highest BCUT2D eigenvalue weighted by molar-refractivity contribution is 14.1. The highest BCUT2D eigenvalue weighted by atomic mass is 127. The SMILES string of the molecule is CCc1ccc(Oc2ccc(I)cn2)cc1C1C(=O)C(C)(C)OC(C)(C)C1=O. The number of nitrogens with zero attached hydrogens (tertiary/aromatic N) is 1. The number of rotatable bonds is 4. The molecule has 3 rings (SSSR count). The fourth-order valence-electron chi connectivity index (χ4n) is 3.61. The summed E-state index contributed by atoms with van der Waals surface area (Å²) in [5, 5.41) is 0. The van der Waals surface area contributed by atoms with Crippen LogP contribution in [0.1, 0.15) is 51.7 Å². The Morgan fingerprint density at radius 2 is 1.71 bits per heavy atom. The van der Waals surface area contributed by atoms with Gasteiger partial charge in [0.1, 0.15) is 22.9 Å². The van der Waals surface area contributed by atoms with Crippen LogP contribution in [-0.2, 0) is 20.7 Å². The lowest BCUT2D eigenvalue weighted by molar-refractivity contribution is -0.184. The number of hydrogen-bond acceptors (Lipinski definition) is 5. The number of carbonyl (C=O) groups excluding carboxylic acids is 2. The third kappa shape index (κ3) is 3.98. The van der Waals surface area contributed by atoms with E-state index in [0.717, 1.165) is 9.13 Å². The molecule has 0 bridgehead atoms. The monoisotopic (exact) mass is 493 g/mol. The van der Waals surface area contributed by atoms with E-state index in [1.807, 2.05) is 25.1 Å². The molecule has 0 saturated carbocycles. The van der Waals surface area contributed by atoms with Gasteiger partial charge < -0.3 is 9.47 Å². The molecule has 1 aromatic carbocycles. The number of halogens is 1. The summed E-state index contributed by atoms with van der Waals surface area (Å²) in [6.07, 6.45) is 2.42. The molecular formula is C22H24INO4. The van der Waals surface area contributed by atoms with E-state index in [1.54, 1.807) is 46.0 Å². The minimum Gasteiger partial charge on any atom is -0.439 e. The molecule has 1 aliphatic heterocycles. The molecule has 0 radical (unpaired) electrons. The van der Waals surface area contributed by atoms with Gasteiger partial charge in [0.25, 0.3) is 0 Å². The first-order chi connectivity index (χ1) is 13.0. The van der Waals surface area contributed by atoms with Gasteiger partial charge in [-0.15, -0.1) is 0 Å². The largest absolute Gasteiger partial charge is 0.439 e. The zero-order valence-corrected chi connectivity index (χ0v) is 18.9. The van der Waals surface area contributed by atoms with Crippen LogP contribution >= 0.6 is 22.6 Å². The summed E-state index contributed by atoms with van der Waals surface area (Å²) in [4.78, 5) is 30.5. The van der Waals surface area contributed by atoms with Crippen LogP contribution in [0.15, 0.2) is 36.5 Å². The van der Waals surface area contributed by atoms with E-state index in [-0.39, 0.29) is 11.6 Å². The molecular weight excluding hydrogens is 469 g/mol. The Hall–Kier alpha value is -1.80. The Labute approximate surface area is 179 Å². The van der Waals surface area contributed by atoms with E-state index in [9.17, 15) is 9.59 Å². The van der Waals surface area contributed by atoms with Gasteiger partial charge in [-0.2, -0.15) is 0 Å². The summed E-state index contributed by atoms with van der Waals surface area (Å²) in [6.45, 7) is 8.89. The number of ketones is 2. The first-order valence-electron chi connectivity index (χ1n) is 9.26. The molecule has 1 fully saturated rings. The molecule has 0 unspecified atom stereocenters. The minimum absolute atomic E-state index is 0.226. The van der Waals surface area contributed by atoms with Crippen molar-refractivity contribution in [2.75, 3.05) is 0 Å². The van der Waals surface area contributed by atoms with E-state index in [4.69, 9.17) is 9.47 Å². The van der Waals surface area contributed by atoms with Gasteiger partial charge in [-0.25, -0.2) is 4.98 Å². The molecule has 1 saturated heterocycles. The van der Waals surface area contributed by atoms with Crippen molar-refractivity contribution in [1.29, 1.82) is 0 Å². The summed E-state index contributed by atoms with van der Waals surface area (Å²) in [5.41, 5.74) is -0.448. The van der Waals surface area contributed by atoms with Gasteiger partial charge in [-0.05, 0) is 86.0 Å². The average molecular weight is 493 g/mol. The minimum atomic E-state index is -1.04. The van der Waals surface area contributed by atoms with Crippen molar-refractivity contribution in [3.05, 3.63) is 51.2 Å². The molecule has 0 spiro atoms. The third-order valence-corrected chi connectivity index (χ3v) is 5.59. The standard InChI is InChI=1S/C22H24INO4/c1-6-13-7-9-15(27-17-10-8-14(23)12-24-17)11-16(13)18-19(25)21(2,3)28-22(4,5)20(18)26/h7-12,18H,6H2,1-5H3. The molecule has 2 aromatic rings. The number of pyridine rings is 1. The van der Waals surface area contributed by atoms with Crippen LogP contribution < -0.4 is 4.74 Å². The van der Waals surface area contributed by atoms with Crippen molar-refractivity contribution >= 4 is 34.2 Å². The van der Waals surface area contributed by atoms with Crippen LogP contribution in [-0.4, -0.2) is 27.8 Å². The van der Waals surface area contributed by atoms with Crippen molar-refractivity contribution < 1.29 is 19.1 Å². The number of aromatic nitrogens is 1. The predicted molar refractivity (Wildman–Crippen MR) is 115 cm³/mol. The maximum Gasteiger partial charge on any atom is 0.219 e. The van der Waals surface area contributed by atoms with Crippen molar-refractivity contribution in [3.8, 4) is 11.6 Å². The molecule has 0 amide bonds. The van der Waals surface area contributed by atoms with Crippen LogP contribution in [0.5, 0.6) is 11.6 Å². The number of carbonyl (C=O) groups is 2. The molecule has 148 valence electrons. The number of aryl methyl sites for hydroxylation is 1. The van der Waals surface area contributed by atoms with E-state index >= 15 is 0 Å². The van der Waals surface area contributed by atoms with Gasteiger partial charge in [-0.1, -0.05) is 13.0 Å². The normalized spacial score (nSPS) is 18.9. The van der Waals surface area contributed by atoms with Gasteiger partial charge in [0, 0.05) is 15.8 Å². The number of hydrogen-bond donors (Lipinski definition) is 0. The van der Waals surface area contributed by atoms with Crippen molar-refractivity contribution in [2.24, 2.45) is 0 Å². The van der Waals surface area contributed by atoms with E-state index in [0.29, 0.717) is 23.6 Å². The lowest BCUT2D eigenvalue weighted by atomic mass is 9.73. The van der Waals surface area contributed by atoms with E-state index in [1.165, 1.54) is 0 Å². The Kier molecular flexibility index (Phi) is 5.64. The lowest BCUT2D eigenvalue weighted by Gasteiger charge is -2.43. The summed E-state index contributed by atoms with van der Waals surface area (Å²) >= 11 is 2.18. The summed E-state index contributed by atoms with van der Waals surface area (Å²) in [7, 11) is 0. The second-order valence-corrected chi connectivity index (χ2v) is 9.16. The molecule has 0 atom stereocenters. The summed E-state index contributed by atoms with van der Waals surface area (Å²) in [6, 6.07) is 9.23. The Bertz CT molecular complexity index is 893. The van der Waals surface area contributed by atoms with Crippen molar-refractivity contribution in [2.45, 2.75) is 58.2 Å². The molecule has 5 nitrogen and oxygen atoms in total. The number of Topliss-reactive ketones (excluding diaryl/α,β-unsaturated/α-hetero) is 2. The van der Waals surface area contributed by atoms with Crippen LogP contribution in [0.2, 0.25) is 0 Å². The lowest BCUT2D eigenvalue weighted by Crippen LogP contribution is -2.58. The van der Waals surface area contributed by atoms with Crippen LogP contribution in [0.25, 0.3) is 0 Å². The highest BCUT2D eigenvalue weighted by Crippen LogP contribution is 2.40. The second-order valence-electron chi connectivity index (χ2n) is 7.92. The van der Waals surface area contributed by atoms with E-state index in [2.05, 4.69) is 27.6 Å². The van der Waals surface area contributed by atoms with E-state index < -0.39 is 17.1 Å². The third-order valence-electron chi connectivity index (χ3n) is 4.95. The topological polar surface area (TPSA) is 65.5 Å². The molecule has 1 aliphatic rings. The highest BCUT2D eigenvalue weighted by Gasteiger charge is 2.53. The van der Waals surface area contributed by atoms with Crippen LogP contribution in [0.4, 0.5) is 0 Å². The number of benzene rings is 1. The number of ether oxygens (including phenoxy) is 2. The molecule has 0 aliphatic carbocycles. The van der Waals surface area contributed by atoms with Crippen molar-refractivity contribution in [3.63, 3.8) is 0 Å². The second kappa shape index (κ2) is 7.55. The fraction of sp³-hybridized carbons (Fsp3) is 0.409. The van der Waals surface area contributed by atoms with Gasteiger partial charge >= 0.3 is 0 Å². The fourth-order valence-corrected chi connectivity index (χ4v) is 3.92. The average Bonchev–Trinajstić information content (AvgIpc) is 2.62. The Morgan fingerprint density at radius 3 is 2.25 bits per heavy atom. The quantitative estimate of drug-likeness (QED) is 0.450. The maximum atomic E-state index is 13.1. The Morgan fingerprint density at radius 1 is 1.07 bits per heavy atom. The van der Waals surface area contributed by atoms with Gasteiger partial charge in [0.2, 0.25) is 5.88 Å². The first kappa shape index (κ1) is 20.9. The molecule has 1 aromatic heterocycles. The molecule has 6 heteroatoms. The smallest absolute Gasteiger partial charge is 0.219 e. The molecule has 0 N–H and O–H groups in total. The summed E-state index contributed by atoms with van der Waals surface area (Å²) in [5.74, 6) is -0.321.